The molecule has 13 heavy (non-hydrogen) atoms. The molecule has 1 aromatic rings. The quantitative estimate of drug-likeness (QED) is 0.696. The van der Waals surface area contributed by atoms with E-state index in [4.69, 9.17) is 27.2 Å². The number of rotatable bonds is 4. The highest BCUT2D eigenvalue weighted by Gasteiger charge is 2.03. The van der Waals surface area contributed by atoms with Crippen LogP contribution in [0.3, 0.4) is 0 Å². The zero-order valence-corrected chi connectivity index (χ0v) is 7.66. The summed E-state index contributed by atoms with van der Waals surface area (Å²) in [6, 6.07) is 0. The van der Waals surface area contributed by atoms with Crippen LogP contribution in [0.2, 0.25) is 5.02 Å². The van der Waals surface area contributed by atoms with Crippen molar-refractivity contribution in [2.75, 3.05) is 18.9 Å². The molecular weight excluding hydrogens is 194 g/mol. The van der Waals surface area contributed by atoms with Gasteiger partial charge in [-0.2, -0.15) is 4.98 Å². The highest BCUT2D eigenvalue weighted by molar-refractivity contribution is 6.31. The van der Waals surface area contributed by atoms with Crippen LogP contribution in [0.4, 0.5) is 5.95 Å². The number of halogens is 1. The number of hydrogen-bond acceptors (Lipinski definition) is 5. The lowest BCUT2D eigenvalue weighted by atomic mass is 10.5. The Morgan fingerprint density at radius 2 is 2.38 bits per heavy atom. The van der Waals surface area contributed by atoms with Crippen molar-refractivity contribution in [3.63, 3.8) is 0 Å². The Morgan fingerprint density at radius 3 is 3.08 bits per heavy atom. The summed E-state index contributed by atoms with van der Waals surface area (Å²) in [6.07, 6.45) is 1.90. The molecule has 72 valence electrons. The lowest BCUT2D eigenvalue weighted by Gasteiger charge is -2.05. The van der Waals surface area contributed by atoms with Gasteiger partial charge in [0.1, 0.15) is 5.02 Å². The van der Waals surface area contributed by atoms with Gasteiger partial charge in [-0.15, -0.1) is 0 Å². The minimum Gasteiger partial charge on any atom is -0.476 e. The zero-order valence-electron chi connectivity index (χ0n) is 6.90. The zero-order chi connectivity index (χ0) is 9.68. The predicted octanol–water partition coefficient (Wildman–Crippen LogP) is 0.473. The number of nitrogens with zero attached hydrogens (tertiary/aromatic N) is 2. The molecule has 0 atom stereocenters. The van der Waals surface area contributed by atoms with Gasteiger partial charge in [0.15, 0.2) is 0 Å². The Bertz CT molecular complexity index is 282. The monoisotopic (exact) mass is 203 g/mol. The van der Waals surface area contributed by atoms with E-state index in [9.17, 15) is 0 Å². The SMILES string of the molecule is Nc1ncc(Cl)c(OCCCO)n1. The number of aliphatic hydroxyl groups is 1. The van der Waals surface area contributed by atoms with Gasteiger partial charge in [-0.1, -0.05) is 11.6 Å². The van der Waals surface area contributed by atoms with Crippen LogP contribution in [0.15, 0.2) is 6.20 Å². The summed E-state index contributed by atoms with van der Waals surface area (Å²) in [4.78, 5) is 7.45. The number of anilines is 1. The van der Waals surface area contributed by atoms with Gasteiger partial charge >= 0.3 is 0 Å². The van der Waals surface area contributed by atoms with Crippen molar-refractivity contribution in [2.24, 2.45) is 0 Å². The maximum absolute atomic E-state index is 8.50. The molecule has 0 saturated heterocycles. The maximum atomic E-state index is 8.50. The van der Waals surface area contributed by atoms with Gasteiger partial charge in [0.25, 0.3) is 0 Å². The first-order valence-electron chi connectivity index (χ1n) is 3.75. The first-order chi connectivity index (χ1) is 6.24. The molecule has 0 aliphatic rings. The molecule has 0 spiro atoms. The third kappa shape index (κ3) is 3.04. The molecule has 5 nitrogen and oxygen atoms in total. The van der Waals surface area contributed by atoms with Gasteiger partial charge in [0.05, 0.1) is 12.8 Å². The van der Waals surface area contributed by atoms with Gasteiger partial charge in [-0.3, -0.25) is 0 Å². The maximum Gasteiger partial charge on any atom is 0.237 e. The summed E-state index contributed by atoms with van der Waals surface area (Å²) in [6.45, 7) is 0.421. The molecule has 1 rings (SSSR count). The molecule has 1 aromatic heterocycles. The normalized spacial score (nSPS) is 10.0. The number of aromatic nitrogens is 2. The van der Waals surface area contributed by atoms with Crippen molar-refractivity contribution in [1.82, 2.24) is 9.97 Å². The fourth-order valence-corrected chi connectivity index (χ4v) is 0.845. The second-order valence-corrected chi connectivity index (χ2v) is 2.71. The van der Waals surface area contributed by atoms with Crippen LogP contribution in [0, 0.1) is 0 Å². The van der Waals surface area contributed by atoms with Crippen LogP contribution in [0.5, 0.6) is 5.88 Å². The highest BCUT2D eigenvalue weighted by atomic mass is 35.5. The molecule has 0 aliphatic carbocycles. The molecule has 3 N–H and O–H groups in total. The highest BCUT2D eigenvalue weighted by Crippen LogP contribution is 2.20. The Kier molecular flexibility index (Phi) is 3.72. The third-order valence-corrected chi connectivity index (χ3v) is 1.53. The average molecular weight is 204 g/mol. The van der Waals surface area contributed by atoms with E-state index in [0.29, 0.717) is 18.1 Å². The largest absolute Gasteiger partial charge is 0.476 e. The summed E-state index contributed by atoms with van der Waals surface area (Å²) < 4.78 is 5.13. The minimum atomic E-state index is 0.0676. The van der Waals surface area contributed by atoms with Crippen molar-refractivity contribution in [3.05, 3.63) is 11.2 Å². The van der Waals surface area contributed by atoms with Gasteiger partial charge in [0.2, 0.25) is 11.8 Å². The van der Waals surface area contributed by atoms with Crippen molar-refractivity contribution in [3.8, 4) is 5.88 Å². The van der Waals surface area contributed by atoms with Crippen LogP contribution in [0.1, 0.15) is 6.42 Å². The first kappa shape index (κ1) is 10.0. The molecule has 0 saturated carbocycles. The summed E-state index contributed by atoms with van der Waals surface area (Å²) in [7, 11) is 0. The number of nitrogens with two attached hydrogens (primary N) is 1. The van der Waals surface area contributed by atoms with Gasteiger partial charge in [0, 0.05) is 13.0 Å². The molecule has 6 heteroatoms. The number of nitrogen functional groups attached to an aromatic ring is 1. The lowest BCUT2D eigenvalue weighted by molar-refractivity contribution is 0.229. The smallest absolute Gasteiger partial charge is 0.237 e. The number of aliphatic hydroxyl groups excluding tert-OH is 1. The van der Waals surface area contributed by atoms with Crippen LogP contribution >= 0.6 is 11.6 Å². The Morgan fingerprint density at radius 1 is 1.62 bits per heavy atom. The second kappa shape index (κ2) is 4.84. The van der Waals surface area contributed by atoms with Crippen molar-refractivity contribution in [1.29, 1.82) is 0 Å². The third-order valence-electron chi connectivity index (χ3n) is 1.27. The van der Waals surface area contributed by atoms with E-state index in [1.54, 1.807) is 0 Å². The minimum absolute atomic E-state index is 0.0676. The van der Waals surface area contributed by atoms with Crippen molar-refractivity contribution < 1.29 is 9.84 Å². The summed E-state index contributed by atoms with van der Waals surface area (Å²) in [5.41, 5.74) is 5.32. The van der Waals surface area contributed by atoms with Gasteiger partial charge < -0.3 is 15.6 Å². The topological polar surface area (TPSA) is 81.3 Å². The van der Waals surface area contributed by atoms with E-state index >= 15 is 0 Å². The van der Waals surface area contributed by atoms with E-state index in [1.807, 2.05) is 0 Å². The number of hydrogen-bond donors (Lipinski definition) is 2. The van der Waals surface area contributed by atoms with Crippen molar-refractivity contribution in [2.45, 2.75) is 6.42 Å². The molecule has 0 aliphatic heterocycles. The van der Waals surface area contributed by atoms with Crippen LogP contribution in [-0.4, -0.2) is 28.3 Å². The fraction of sp³-hybridized carbons (Fsp3) is 0.429. The van der Waals surface area contributed by atoms with E-state index in [2.05, 4.69) is 9.97 Å². The summed E-state index contributed by atoms with van der Waals surface area (Å²) in [5, 5.41) is 8.81. The number of ether oxygens (including phenoxy) is 1. The van der Waals surface area contributed by atoms with Crippen molar-refractivity contribution >= 4 is 17.5 Å². The van der Waals surface area contributed by atoms with E-state index in [1.165, 1.54) is 6.20 Å². The Hall–Kier alpha value is -1.07. The summed E-state index contributed by atoms with van der Waals surface area (Å²) in [5.74, 6) is 0.367. The van der Waals surface area contributed by atoms with Gasteiger partial charge in [-0.05, 0) is 0 Å². The van der Waals surface area contributed by atoms with Crippen LogP contribution < -0.4 is 10.5 Å². The molecule has 0 bridgehead atoms. The molecule has 1 heterocycles. The van der Waals surface area contributed by atoms with E-state index in [-0.39, 0.29) is 18.4 Å². The molecule has 0 fully saturated rings. The van der Waals surface area contributed by atoms with Crippen LogP contribution in [0.25, 0.3) is 0 Å². The molecular formula is C7H10ClN3O2. The molecule has 0 radical (unpaired) electrons. The molecule has 0 unspecified atom stereocenters. The first-order valence-corrected chi connectivity index (χ1v) is 4.13. The Balaban J connectivity index is 2.59. The Labute approximate surface area is 80.5 Å². The molecule has 0 aromatic carbocycles. The van der Waals surface area contributed by atoms with E-state index < -0.39 is 0 Å². The fourth-order valence-electron chi connectivity index (χ4n) is 0.699. The van der Waals surface area contributed by atoms with Crippen LogP contribution in [-0.2, 0) is 0 Å². The average Bonchev–Trinajstić information content (AvgIpc) is 2.11. The standard InChI is InChI=1S/C7H10ClN3O2/c8-5-4-10-7(9)11-6(5)13-3-1-2-12/h4,12H,1-3H2,(H2,9,10,11). The molecule has 0 amide bonds. The lowest BCUT2D eigenvalue weighted by Crippen LogP contribution is -2.04. The van der Waals surface area contributed by atoms with Gasteiger partial charge in [-0.25, -0.2) is 4.98 Å². The predicted molar refractivity (Wildman–Crippen MR) is 48.7 cm³/mol. The van der Waals surface area contributed by atoms with E-state index in [0.717, 1.165) is 0 Å². The summed E-state index contributed by atoms with van der Waals surface area (Å²) >= 11 is 5.71. The second-order valence-electron chi connectivity index (χ2n) is 2.31.